The van der Waals surface area contributed by atoms with E-state index in [2.05, 4.69) is 44.4 Å². The molecule has 1 aromatic carbocycles. The average molecular weight is 324 g/mol. The smallest absolute Gasteiger partial charge is 0.0236 e. The summed E-state index contributed by atoms with van der Waals surface area (Å²) in [5.74, 6) is 0. The van der Waals surface area contributed by atoms with Crippen LogP contribution in [0, 0.1) is 6.92 Å². The molecular formula is C23H33N. The van der Waals surface area contributed by atoms with Crippen LogP contribution in [0.25, 0.3) is 5.57 Å². The maximum absolute atomic E-state index is 4.34. The average Bonchev–Trinajstić information content (AvgIpc) is 3.08. The molecule has 1 aromatic rings. The quantitative estimate of drug-likeness (QED) is 0.651. The summed E-state index contributed by atoms with van der Waals surface area (Å²) in [6, 6.07) is 4.94. The van der Waals surface area contributed by atoms with Gasteiger partial charge in [-0.05, 0) is 105 Å². The molecule has 0 atom stereocenters. The van der Waals surface area contributed by atoms with Gasteiger partial charge in [-0.25, -0.2) is 0 Å². The lowest BCUT2D eigenvalue weighted by Gasteiger charge is -2.23. The van der Waals surface area contributed by atoms with E-state index in [0.717, 1.165) is 13.0 Å². The highest BCUT2D eigenvalue weighted by Crippen LogP contribution is 2.35. The highest BCUT2D eigenvalue weighted by atomic mass is 15.1. The first-order valence-corrected chi connectivity index (χ1v) is 9.83. The predicted molar refractivity (Wildman–Crippen MR) is 105 cm³/mol. The van der Waals surface area contributed by atoms with Gasteiger partial charge in [-0.1, -0.05) is 31.2 Å². The van der Waals surface area contributed by atoms with Gasteiger partial charge in [0.1, 0.15) is 0 Å². The second-order valence-corrected chi connectivity index (χ2v) is 7.69. The lowest BCUT2D eigenvalue weighted by Crippen LogP contribution is -2.19. The van der Waals surface area contributed by atoms with Gasteiger partial charge in [0.15, 0.2) is 0 Å². The molecule has 1 aliphatic heterocycles. The zero-order valence-corrected chi connectivity index (χ0v) is 15.9. The molecule has 3 rings (SSSR count). The van der Waals surface area contributed by atoms with Crippen LogP contribution in [-0.4, -0.2) is 18.0 Å². The monoisotopic (exact) mass is 323 g/mol. The molecule has 0 spiro atoms. The predicted octanol–water partition coefficient (Wildman–Crippen LogP) is 6.06. The van der Waals surface area contributed by atoms with Crippen LogP contribution in [0.15, 0.2) is 29.9 Å². The second kappa shape index (κ2) is 7.70. The fraction of sp³-hybridized carbons (Fsp3) is 0.565. The van der Waals surface area contributed by atoms with Crippen molar-refractivity contribution in [1.82, 2.24) is 4.90 Å². The minimum absolute atomic E-state index is 1.13. The molecule has 1 aliphatic carbocycles. The molecule has 2 fully saturated rings. The third kappa shape index (κ3) is 3.67. The zero-order valence-electron chi connectivity index (χ0n) is 15.9. The minimum atomic E-state index is 1.13. The second-order valence-electron chi connectivity index (χ2n) is 7.69. The molecule has 2 aliphatic rings. The summed E-state index contributed by atoms with van der Waals surface area (Å²) in [5.41, 5.74) is 10.3. The zero-order chi connectivity index (χ0) is 17.1. The summed E-state index contributed by atoms with van der Waals surface area (Å²) in [7, 11) is 0. The third-order valence-corrected chi connectivity index (χ3v) is 5.96. The highest BCUT2D eigenvalue weighted by molar-refractivity contribution is 5.73. The van der Waals surface area contributed by atoms with Crippen molar-refractivity contribution in [2.45, 2.75) is 72.3 Å². The molecule has 0 unspecified atom stereocenters. The molecule has 1 heteroatoms. The molecule has 0 bridgehead atoms. The van der Waals surface area contributed by atoms with Crippen LogP contribution in [-0.2, 0) is 13.0 Å². The van der Waals surface area contributed by atoms with Crippen LogP contribution in [0.2, 0.25) is 0 Å². The Hall–Kier alpha value is -1.34. The first-order chi connectivity index (χ1) is 11.6. The topological polar surface area (TPSA) is 3.24 Å². The molecule has 0 amide bonds. The van der Waals surface area contributed by atoms with Crippen molar-refractivity contribution in [3.63, 3.8) is 0 Å². The Morgan fingerprint density at radius 2 is 1.75 bits per heavy atom. The van der Waals surface area contributed by atoms with Crippen LogP contribution in [0.1, 0.15) is 74.6 Å². The van der Waals surface area contributed by atoms with Crippen molar-refractivity contribution in [2.75, 3.05) is 13.1 Å². The van der Waals surface area contributed by atoms with E-state index in [4.69, 9.17) is 0 Å². The van der Waals surface area contributed by atoms with Gasteiger partial charge in [0, 0.05) is 6.54 Å². The first kappa shape index (κ1) is 17.5. The van der Waals surface area contributed by atoms with Gasteiger partial charge < -0.3 is 0 Å². The summed E-state index contributed by atoms with van der Waals surface area (Å²) in [6.07, 6.45) is 8.88. The van der Waals surface area contributed by atoms with Gasteiger partial charge in [-0.15, -0.1) is 0 Å². The lowest BCUT2D eigenvalue weighted by atomic mass is 9.83. The van der Waals surface area contributed by atoms with E-state index in [0.29, 0.717) is 0 Å². The van der Waals surface area contributed by atoms with Crippen LogP contribution < -0.4 is 0 Å². The minimum Gasteiger partial charge on any atom is -0.299 e. The van der Waals surface area contributed by atoms with Gasteiger partial charge in [0.25, 0.3) is 0 Å². The Balaban J connectivity index is 1.94. The molecule has 1 saturated carbocycles. The van der Waals surface area contributed by atoms with Gasteiger partial charge >= 0.3 is 0 Å². The Kier molecular flexibility index (Phi) is 5.61. The molecule has 0 radical (unpaired) electrons. The summed E-state index contributed by atoms with van der Waals surface area (Å²) >= 11 is 0. The number of hydrogen-bond donors (Lipinski definition) is 0. The van der Waals surface area contributed by atoms with E-state index < -0.39 is 0 Å². The van der Waals surface area contributed by atoms with Crippen LogP contribution >= 0.6 is 0 Å². The van der Waals surface area contributed by atoms with Crippen molar-refractivity contribution in [2.24, 2.45) is 0 Å². The van der Waals surface area contributed by atoms with Gasteiger partial charge in [0.05, 0.1) is 0 Å². The Morgan fingerprint density at radius 3 is 2.42 bits per heavy atom. The Morgan fingerprint density at radius 1 is 1.04 bits per heavy atom. The molecule has 0 aromatic heterocycles. The fourth-order valence-corrected chi connectivity index (χ4v) is 4.46. The van der Waals surface area contributed by atoms with Crippen molar-refractivity contribution < 1.29 is 0 Å². The number of benzene rings is 1. The third-order valence-electron chi connectivity index (χ3n) is 5.96. The standard InChI is InChI=1S/C23H33N/c1-5-20-15-23(19(4)22-11-7-6-10-17(22)2)18(3)14-21(20)16-24-12-8-9-13-24/h14-15H,2,5-13,16H2,1,3-4H3/b22-19-. The number of aryl methyl sites for hydroxylation is 2. The highest BCUT2D eigenvalue weighted by Gasteiger charge is 2.18. The van der Waals surface area contributed by atoms with E-state index in [1.54, 1.807) is 5.56 Å². The normalized spacial score (nSPS) is 21.4. The number of allylic oxidation sites excluding steroid dienone is 3. The molecule has 1 nitrogen and oxygen atoms in total. The Bertz CT molecular complexity index is 644. The van der Waals surface area contributed by atoms with E-state index in [1.165, 1.54) is 85.0 Å². The van der Waals surface area contributed by atoms with Crippen molar-refractivity contribution in [3.8, 4) is 0 Å². The lowest BCUT2D eigenvalue weighted by molar-refractivity contribution is 0.330. The molecule has 0 N–H and O–H groups in total. The summed E-state index contributed by atoms with van der Waals surface area (Å²) in [6.45, 7) is 14.9. The number of hydrogen-bond acceptors (Lipinski definition) is 1. The van der Waals surface area contributed by atoms with E-state index in [1.807, 2.05) is 0 Å². The van der Waals surface area contributed by atoms with Crippen molar-refractivity contribution in [1.29, 1.82) is 0 Å². The van der Waals surface area contributed by atoms with E-state index in [9.17, 15) is 0 Å². The van der Waals surface area contributed by atoms with Gasteiger partial charge in [0.2, 0.25) is 0 Å². The molecule has 130 valence electrons. The maximum Gasteiger partial charge on any atom is 0.0236 e. The summed E-state index contributed by atoms with van der Waals surface area (Å²) in [5, 5.41) is 0. The summed E-state index contributed by atoms with van der Waals surface area (Å²) in [4.78, 5) is 2.61. The van der Waals surface area contributed by atoms with Crippen LogP contribution in [0.5, 0.6) is 0 Å². The Labute approximate surface area is 148 Å². The molecule has 1 heterocycles. The molecular weight excluding hydrogens is 290 g/mol. The van der Waals surface area contributed by atoms with Crippen molar-refractivity contribution in [3.05, 3.63) is 52.1 Å². The first-order valence-electron chi connectivity index (χ1n) is 9.83. The van der Waals surface area contributed by atoms with Crippen molar-refractivity contribution >= 4 is 5.57 Å². The molecule has 1 saturated heterocycles. The van der Waals surface area contributed by atoms with Crippen LogP contribution in [0.4, 0.5) is 0 Å². The number of likely N-dealkylation sites (tertiary alicyclic amines) is 1. The SMILES string of the molecule is C=C1CCCC/C1=C(\C)c1cc(CC)c(CN2CCCC2)cc1C. The maximum atomic E-state index is 4.34. The number of nitrogens with zero attached hydrogens (tertiary/aromatic N) is 1. The van der Waals surface area contributed by atoms with E-state index >= 15 is 0 Å². The number of rotatable bonds is 4. The van der Waals surface area contributed by atoms with Gasteiger partial charge in [-0.2, -0.15) is 0 Å². The van der Waals surface area contributed by atoms with E-state index in [-0.39, 0.29) is 0 Å². The fourth-order valence-electron chi connectivity index (χ4n) is 4.46. The van der Waals surface area contributed by atoms with Gasteiger partial charge in [-0.3, -0.25) is 4.90 Å². The summed E-state index contributed by atoms with van der Waals surface area (Å²) < 4.78 is 0. The largest absolute Gasteiger partial charge is 0.299 e. The molecule has 24 heavy (non-hydrogen) atoms. The van der Waals surface area contributed by atoms with Crippen LogP contribution in [0.3, 0.4) is 0 Å².